The Kier molecular flexibility index (Phi) is 4.53. The van der Waals surface area contributed by atoms with Crippen molar-refractivity contribution in [3.63, 3.8) is 0 Å². The summed E-state index contributed by atoms with van der Waals surface area (Å²) in [5, 5.41) is 3.88. The number of carbonyl (C=O) groups is 1. The molecule has 0 bridgehead atoms. The molecule has 1 unspecified atom stereocenters. The van der Waals surface area contributed by atoms with Crippen molar-refractivity contribution in [2.45, 2.75) is 58.3 Å². The maximum Gasteiger partial charge on any atom is 0.231 e. The van der Waals surface area contributed by atoms with E-state index in [0.717, 1.165) is 29.8 Å². The first kappa shape index (κ1) is 16.8. The smallest absolute Gasteiger partial charge is 0.231 e. The van der Waals surface area contributed by atoms with Gasteiger partial charge in [-0.25, -0.2) is 9.97 Å². The molecule has 0 aliphatic carbocycles. The number of imidazole rings is 1. The van der Waals surface area contributed by atoms with E-state index in [-0.39, 0.29) is 5.91 Å². The van der Waals surface area contributed by atoms with Gasteiger partial charge in [-0.2, -0.15) is 0 Å². The van der Waals surface area contributed by atoms with Gasteiger partial charge in [-0.05, 0) is 12.8 Å². The third-order valence-electron chi connectivity index (χ3n) is 4.46. The molecule has 0 fully saturated rings. The molecule has 1 N–H and O–H groups in total. The fourth-order valence-electron chi connectivity index (χ4n) is 3.04. The highest BCUT2D eigenvalue weighted by molar-refractivity contribution is 6.88. The van der Waals surface area contributed by atoms with Gasteiger partial charge in [0.1, 0.15) is 13.9 Å². The Bertz CT molecular complexity index is 732. The molecule has 2 aromatic rings. The number of nitrogens with zero attached hydrogens (tertiary/aromatic N) is 4. The minimum Gasteiger partial charge on any atom is -0.331 e. The van der Waals surface area contributed by atoms with Crippen LogP contribution in [0.25, 0.3) is 0 Å². The van der Waals surface area contributed by atoms with Crippen molar-refractivity contribution in [1.29, 1.82) is 0 Å². The largest absolute Gasteiger partial charge is 0.331 e. The first-order valence-electron chi connectivity index (χ1n) is 8.51. The Morgan fingerprint density at radius 3 is 2.71 bits per heavy atom. The van der Waals surface area contributed by atoms with Crippen molar-refractivity contribution in [3.05, 3.63) is 30.1 Å². The van der Waals surface area contributed by atoms with Gasteiger partial charge in [-0.3, -0.25) is 9.78 Å². The molecule has 1 amide bonds. The molecule has 0 saturated carbocycles. The van der Waals surface area contributed by atoms with E-state index in [1.807, 2.05) is 6.20 Å². The molecule has 0 saturated heterocycles. The standard InChI is InChI=1S/C17H25N5OSi/c1-12-6-5-7-22-13(9-20-17(12)22)8-15(23)21-14-10-19-16(11-18-14)24(2,3)4/h9-12H,5-8H2,1-4H3,(H,18,21,23). The van der Waals surface area contributed by atoms with Gasteiger partial charge in [0, 0.05) is 35.9 Å². The third kappa shape index (κ3) is 3.56. The first-order chi connectivity index (χ1) is 11.3. The van der Waals surface area contributed by atoms with Crippen LogP contribution < -0.4 is 10.6 Å². The van der Waals surface area contributed by atoms with Gasteiger partial charge >= 0.3 is 0 Å². The van der Waals surface area contributed by atoms with Crippen molar-refractivity contribution in [3.8, 4) is 0 Å². The molecule has 7 heteroatoms. The Balaban J connectivity index is 1.66. The van der Waals surface area contributed by atoms with Crippen molar-refractivity contribution in [2.24, 2.45) is 0 Å². The van der Waals surface area contributed by atoms with E-state index < -0.39 is 8.07 Å². The van der Waals surface area contributed by atoms with E-state index >= 15 is 0 Å². The fourth-order valence-corrected chi connectivity index (χ4v) is 3.94. The average molecular weight is 344 g/mol. The summed E-state index contributed by atoms with van der Waals surface area (Å²) < 4.78 is 2.19. The van der Waals surface area contributed by atoms with Crippen molar-refractivity contribution in [2.75, 3.05) is 5.32 Å². The molecular weight excluding hydrogens is 318 g/mol. The molecule has 0 aromatic carbocycles. The zero-order valence-electron chi connectivity index (χ0n) is 14.8. The van der Waals surface area contributed by atoms with E-state index in [1.54, 1.807) is 12.4 Å². The predicted molar refractivity (Wildman–Crippen MR) is 97.2 cm³/mol. The lowest BCUT2D eigenvalue weighted by Crippen LogP contribution is -2.40. The van der Waals surface area contributed by atoms with Crippen LogP contribution in [0.4, 0.5) is 5.82 Å². The molecule has 0 radical (unpaired) electrons. The molecule has 1 aliphatic heterocycles. The molecule has 128 valence electrons. The van der Waals surface area contributed by atoms with Gasteiger partial charge in [-0.1, -0.05) is 26.6 Å². The Labute approximate surface area is 143 Å². The minimum absolute atomic E-state index is 0.0778. The first-order valence-corrected chi connectivity index (χ1v) is 12.0. The molecule has 0 spiro atoms. The number of nitrogens with one attached hydrogen (secondary N) is 1. The zero-order chi connectivity index (χ0) is 17.3. The Hall–Kier alpha value is -2.02. The van der Waals surface area contributed by atoms with Crippen LogP contribution in [-0.2, 0) is 17.8 Å². The second kappa shape index (κ2) is 6.47. The van der Waals surface area contributed by atoms with Gasteiger partial charge in [0.25, 0.3) is 0 Å². The quantitative estimate of drug-likeness (QED) is 0.865. The van der Waals surface area contributed by atoms with E-state index in [4.69, 9.17) is 0 Å². The summed E-state index contributed by atoms with van der Waals surface area (Å²) in [7, 11) is -1.47. The molecule has 2 aromatic heterocycles. The molecule has 3 heterocycles. The predicted octanol–water partition coefficient (Wildman–Crippen LogP) is 2.30. The molecule has 24 heavy (non-hydrogen) atoms. The summed E-state index contributed by atoms with van der Waals surface area (Å²) in [5.41, 5.74) is 0.973. The van der Waals surface area contributed by atoms with Crippen LogP contribution in [0.5, 0.6) is 0 Å². The van der Waals surface area contributed by atoms with E-state index in [0.29, 0.717) is 18.2 Å². The summed E-state index contributed by atoms with van der Waals surface area (Å²) in [4.78, 5) is 25.6. The van der Waals surface area contributed by atoms with E-state index in [9.17, 15) is 4.79 Å². The average Bonchev–Trinajstić information content (AvgIpc) is 2.91. The van der Waals surface area contributed by atoms with Crippen LogP contribution in [0.1, 0.15) is 37.2 Å². The number of anilines is 1. The molecule has 6 nitrogen and oxygen atoms in total. The maximum atomic E-state index is 12.3. The van der Waals surface area contributed by atoms with Gasteiger partial charge < -0.3 is 9.88 Å². The van der Waals surface area contributed by atoms with Crippen LogP contribution in [0.15, 0.2) is 18.6 Å². The summed E-state index contributed by atoms with van der Waals surface area (Å²) in [6, 6.07) is 0. The second-order valence-corrected chi connectivity index (χ2v) is 12.6. The Morgan fingerprint density at radius 2 is 2.04 bits per heavy atom. The van der Waals surface area contributed by atoms with Gasteiger partial charge in [-0.15, -0.1) is 0 Å². The van der Waals surface area contributed by atoms with Gasteiger partial charge in [0.05, 0.1) is 12.6 Å². The maximum absolute atomic E-state index is 12.3. The number of hydrogen-bond donors (Lipinski definition) is 1. The van der Waals surface area contributed by atoms with Crippen molar-refractivity contribution < 1.29 is 4.79 Å². The van der Waals surface area contributed by atoms with Crippen molar-refractivity contribution >= 4 is 25.1 Å². The fraction of sp³-hybridized carbons (Fsp3) is 0.529. The zero-order valence-corrected chi connectivity index (χ0v) is 15.8. The second-order valence-electron chi connectivity index (χ2n) is 7.56. The van der Waals surface area contributed by atoms with Crippen LogP contribution in [-0.4, -0.2) is 33.5 Å². The normalized spacial score (nSPS) is 17.4. The topological polar surface area (TPSA) is 72.7 Å². The summed E-state index contributed by atoms with van der Waals surface area (Å²) >= 11 is 0. The monoisotopic (exact) mass is 343 g/mol. The number of carbonyl (C=O) groups excluding carboxylic acids is 1. The molecule has 1 aliphatic rings. The molecular formula is C17H25N5OSi. The molecule has 3 rings (SSSR count). The van der Waals surface area contributed by atoms with Crippen molar-refractivity contribution in [1.82, 2.24) is 19.5 Å². The molecule has 1 atom stereocenters. The third-order valence-corrected chi connectivity index (χ3v) is 6.25. The highest BCUT2D eigenvalue weighted by Crippen LogP contribution is 2.26. The van der Waals surface area contributed by atoms with Crippen LogP contribution in [0.3, 0.4) is 0 Å². The number of rotatable bonds is 4. The van der Waals surface area contributed by atoms with Crippen LogP contribution in [0, 0.1) is 0 Å². The lowest BCUT2D eigenvalue weighted by molar-refractivity contribution is -0.115. The van der Waals surface area contributed by atoms with Crippen LogP contribution in [0.2, 0.25) is 19.6 Å². The lowest BCUT2D eigenvalue weighted by Gasteiger charge is -2.21. The van der Waals surface area contributed by atoms with E-state index in [1.165, 1.54) is 6.42 Å². The Morgan fingerprint density at radius 1 is 1.25 bits per heavy atom. The number of hydrogen-bond acceptors (Lipinski definition) is 4. The highest BCUT2D eigenvalue weighted by Gasteiger charge is 2.22. The number of amides is 1. The SMILES string of the molecule is CC1CCCn2c(CC(=O)Nc3cnc([Si](C)(C)C)cn3)cnc21. The van der Waals surface area contributed by atoms with E-state index in [2.05, 4.69) is 51.4 Å². The summed E-state index contributed by atoms with van der Waals surface area (Å²) in [5.74, 6) is 2.00. The van der Waals surface area contributed by atoms with Gasteiger partial charge in [0.15, 0.2) is 5.82 Å². The number of aromatic nitrogens is 4. The van der Waals surface area contributed by atoms with Crippen LogP contribution >= 0.6 is 0 Å². The summed E-state index contributed by atoms with van der Waals surface area (Å²) in [6.07, 6.45) is 7.89. The lowest BCUT2D eigenvalue weighted by atomic mass is 10.0. The highest BCUT2D eigenvalue weighted by atomic mass is 28.3. The number of fused-ring (bicyclic) bond motifs is 1. The van der Waals surface area contributed by atoms with Gasteiger partial charge in [0.2, 0.25) is 5.91 Å². The summed E-state index contributed by atoms with van der Waals surface area (Å²) in [6.45, 7) is 9.81. The minimum atomic E-state index is -1.47.